The van der Waals surface area contributed by atoms with E-state index in [2.05, 4.69) is 28.8 Å². The molecule has 0 unspecified atom stereocenters. The SMILES string of the molecule is CC(C)N1C[C@@H](O)[C@@H](N=[N+]=[N-])C1. The number of aliphatic hydroxyl groups is 1. The first-order valence-electron chi connectivity index (χ1n) is 4.11. The van der Waals surface area contributed by atoms with E-state index in [-0.39, 0.29) is 6.04 Å². The molecule has 0 aromatic rings. The van der Waals surface area contributed by atoms with E-state index < -0.39 is 6.10 Å². The van der Waals surface area contributed by atoms with Gasteiger partial charge in [-0.2, -0.15) is 0 Å². The summed E-state index contributed by atoms with van der Waals surface area (Å²) in [6.07, 6.45) is -0.497. The topological polar surface area (TPSA) is 72.2 Å². The molecule has 2 atom stereocenters. The molecule has 0 amide bonds. The fourth-order valence-electron chi connectivity index (χ4n) is 1.40. The molecule has 1 fully saturated rings. The van der Waals surface area contributed by atoms with Gasteiger partial charge < -0.3 is 5.11 Å². The second-order valence-corrected chi connectivity index (χ2v) is 3.39. The molecule has 0 saturated carbocycles. The molecule has 5 heteroatoms. The van der Waals surface area contributed by atoms with E-state index in [4.69, 9.17) is 5.53 Å². The van der Waals surface area contributed by atoms with Gasteiger partial charge in [-0.3, -0.25) is 4.90 Å². The minimum Gasteiger partial charge on any atom is -0.391 e. The highest BCUT2D eigenvalue weighted by molar-refractivity contribution is 4.90. The molecule has 0 radical (unpaired) electrons. The second-order valence-electron chi connectivity index (χ2n) is 3.39. The van der Waals surface area contributed by atoms with Crippen LogP contribution < -0.4 is 0 Å². The van der Waals surface area contributed by atoms with Gasteiger partial charge in [0.15, 0.2) is 0 Å². The van der Waals surface area contributed by atoms with Crippen molar-refractivity contribution in [3.8, 4) is 0 Å². The third-order valence-corrected chi connectivity index (χ3v) is 2.22. The van der Waals surface area contributed by atoms with Gasteiger partial charge in [0, 0.05) is 24.0 Å². The summed E-state index contributed by atoms with van der Waals surface area (Å²) in [7, 11) is 0. The van der Waals surface area contributed by atoms with E-state index in [0.717, 1.165) is 0 Å². The molecule has 1 N–H and O–H groups in total. The van der Waals surface area contributed by atoms with Gasteiger partial charge in [-0.25, -0.2) is 0 Å². The molecule has 1 saturated heterocycles. The molecule has 1 heterocycles. The summed E-state index contributed by atoms with van der Waals surface area (Å²) in [6.45, 7) is 5.40. The van der Waals surface area contributed by atoms with Crippen LogP contribution >= 0.6 is 0 Å². The molecule has 0 bridgehead atoms. The number of likely N-dealkylation sites (tertiary alicyclic amines) is 1. The molecule has 12 heavy (non-hydrogen) atoms. The fraction of sp³-hybridized carbons (Fsp3) is 1.00. The maximum Gasteiger partial charge on any atom is 0.0773 e. The van der Waals surface area contributed by atoms with Crippen LogP contribution in [0, 0.1) is 0 Å². The molecule has 1 aliphatic rings. The minimum atomic E-state index is -0.497. The van der Waals surface area contributed by atoms with Crippen LogP contribution in [0.4, 0.5) is 0 Å². The smallest absolute Gasteiger partial charge is 0.0773 e. The molecule has 1 rings (SSSR count). The van der Waals surface area contributed by atoms with Gasteiger partial charge >= 0.3 is 0 Å². The van der Waals surface area contributed by atoms with Gasteiger partial charge in [-0.15, -0.1) is 0 Å². The molecule has 68 valence electrons. The van der Waals surface area contributed by atoms with Gasteiger partial charge in [0.2, 0.25) is 0 Å². The zero-order chi connectivity index (χ0) is 9.14. The average Bonchev–Trinajstić information content (AvgIpc) is 2.34. The number of β-amino-alcohol motifs (C(OH)–C–C–N with tert-alkyl or cyclic N) is 1. The van der Waals surface area contributed by atoms with E-state index >= 15 is 0 Å². The van der Waals surface area contributed by atoms with E-state index in [1.807, 2.05) is 0 Å². The van der Waals surface area contributed by atoms with E-state index in [1.165, 1.54) is 0 Å². The Kier molecular flexibility index (Phi) is 2.92. The summed E-state index contributed by atoms with van der Waals surface area (Å²) in [6, 6.07) is 0.135. The Morgan fingerprint density at radius 1 is 1.58 bits per heavy atom. The van der Waals surface area contributed by atoms with Crippen LogP contribution in [-0.2, 0) is 0 Å². The summed E-state index contributed by atoms with van der Waals surface area (Å²) in [5.74, 6) is 0. The van der Waals surface area contributed by atoms with E-state index in [9.17, 15) is 5.11 Å². The number of nitrogens with zero attached hydrogens (tertiary/aromatic N) is 4. The van der Waals surface area contributed by atoms with Gasteiger partial charge in [0.05, 0.1) is 12.1 Å². The maximum absolute atomic E-state index is 9.43. The molecule has 0 aliphatic carbocycles. The minimum absolute atomic E-state index is 0.266. The van der Waals surface area contributed by atoms with Crippen LogP contribution in [0.3, 0.4) is 0 Å². The summed E-state index contributed by atoms with van der Waals surface area (Å²) < 4.78 is 0. The van der Waals surface area contributed by atoms with Crippen molar-refractivity contribution < 1.29 is 5.11 Å². The van der Waals surface area contributed by atoms with Crippen LogP contribution in [0.15, 0.2) is 5.11 Å². The predicted molar refractivity (Wildman–Crippen MR) is 45.6 cm³/mol. The third-order valence-electron chi connectivity index (χ3n) is 2.22. The quantitative estimate of drug-likeness (QED) is 0.377. The van der Waals surface area contributed by atoms with Crippen molar-refractivity contribution in [2.24, 2.45) is 5.11 Å². The number of aliphatic hydroxyl groups excluding tert-OH is 1. The molecule has 1 aliphatic heterocycles. The van der Waals surface area contributed by atoms with E-state index in [1.54, 1.807) is 0 Å². The Bertz CT molecular complexity index is 200. The van der Waals surface area contributed by atoms with Crippen molar-refractivity contribution in [3.05, 3.63) is 10.4 Å². The Balaban J connectivity index is 2.55. The summed E-state index contributed by atoms with van der Waals surface area (Å²) >= 11 is 0. The first-order valence-corrected chi connectivity index (χ1v) is 4.11. The first-order chi connectivity index (χ1) is 5.65. The molecule has 5 nitrogen and oxygen atoms in total. The van der Waals surface area contributed by atoms with E-state index in [0.29, 0.717) is 19.1 Å². The Hall–Kier alpha value is -0.770. The standard InChI is InChI=1S/C7H14N4O/c1-5(2)11-3-6(9-10-8)7(12)4-11/h5-7,12H,3-4H2,1-2H3/t6-,7+/m0/s1. The lowest BCUT2D eigenvalue weighted by atomic mass is 10.2. The van der Waals surface area contributed by atoms with Crippen molar-refractivity contribution in [3.63, 3.8) is 0 Å². The van der Waals surface area contributed by atoms with Crippen LogP contribution in [-0.4, -0.2) is 41.3 Å². The largest absolute Gasteiger partial charge is 0.391 e. The predicted octanol–water partition coefficient (Wildman–Crippen LogP) is 0.750. The van der Waals surface area contributed by atoms with Crippen LogP contribution in [0.5, 0.6) is 0 Å². The highest BCUT2D eigenvalue weighted by atomic mass is 16.3. The molecular weight excluding hydrogens is 156 g/mol. The van der Waals surface area contributed by atoms with Gasteiger partial charge in [0.25, 0.3) is 0 Å². The highest BCUT2D eigenvalue weighted by Crippen LogP contribution is 2.15. The van der Waals surface area contributed by atoms with Crippen molar-refractivity contribution in [2.75, 3.05) is 13.1 Å². The van der Waals surface area contributed by atoms with Crippen LogP contribution in [0.2, 0.25) is 0 Å². The van der Waals surface area contributed by atoms with Crippen molar-refractivity contribution in [2.45, 2.75) is 32.0 Å². The fourth-order valence-corrected chi connectivity index (χ4v) is 1.40. The number of hydrogen-bond donors (Lipinski definition) is 1. The molecule has 0 aromatic heterocycles. The number of rotatable bonds is 2. The second kappa shape index (κ2) is 3.76. The summed E-state index contributed by atoms with van der Waals surface area (Å²) in [5.41, 5.74) is 8.20. The maximum atomic E-state index is 9.43. The molecular formula is C7H14N4O. The monoisotopic (exact) mass is 170 g/mol. The lowest BCUT2D eigenvalue weighted by Gasteiger charge is -2.18. The first kappa shape index (κ1) is 9.32. The molecule has 0 aromatic carbocycles. The van der Waals surface area contributed by atoms with Gasteiger partial charge in [-0.1, -0.05) is 5.11 Å². The summed E-state index contributed by atoms with van der Waals surface area (Å²) in [5, 5.41) is 13.0. The Labute approximate surface area is 71.6 Å². The molecule has 0 spiro atoms. The zero-order valence-electron chi connectivity index (χ0n) is 7.38. The number of azide groups is 1. The highest BCUT2D eigenvalue weighted by Gasteiger charge is 2.31. The Morgan fingerprint density at radius 2 is 2.25 bits per heavy atom. The van der Waals surface area contributed by atoms with Crippen molar-refractivity contribution in [1.82, 2.24) is 4.90 Å². The van der Waals surface area contributed by atoms with Gasteiger partial charge in [-0.05, 0) is 19.4 Å². The van der Waals surface area contributed by atoms with Crippen molar-refractivity contribution >= 4 is 0 Å². The summed E-state index contributed by atoms with van der Waals surface area (Å²) in [4.78, 5) is 4.80. The Morgan fingerprint density at radius 3 is 2.67 bits per heavy atom. The van der Waals surface area contributed by atoms with Crippen LogP contribution in [0.1, 0.15) is 13.8 Å². The van der Waals surface area contributed by atoms with Crippen LogP contribution in [0.25, 0.3) is 10.4 Å². The van der Waals surface area contributed by atoms with Gasteiger partial charge in [0.1, 0.15) is 0 Å². The lowest BCUT2D eigenvalue weighted by molar-refractivity contribution is 0.158. The number of hydrogen-bond acceptors (Lipinski definition) is 3. The normalized spacial score (nSPS) is 30.7. The lowest BCUT2D eigenvalue weighted by Crippen LogP contribution is -2.29. The average molecular weight is 170 g/mol. The van der Waals surface area contributed by atoms with Crippen molar-refractivity contribution in [1.29, 1.82) is 0 Å². The third kappa shape index (κ3) is 1.88. The zero-order valence-corrected chi connectivity index (χ0v) is 7.38.